The van der Waals surface area contributed by atoms with Gasteiger partial charge in [-0.3, -0.25) is 0 Å². The normalized spacial score (nSPS) is 11.7. The Hall–Kier alpha value is 0.123. The fourth-order valence-corrected chi connectivity index (χ4v) is 1.74. The van der Waals surface area contributed by atoms with Gasteiger partial charge in [0.2, 0.25) is 0 Å². The summed E-state index contributed by atoms with van der Waals surface area (Å²) >= 11 is 4.25. The average molecular weight is 379 g/mol. The molecule has 1 aromatic carbocycles. The molecule has 0 radical (unpaired) electrons. The Kier molecular flexibility index (Phi) is 7.84. The van der Waals surface area contributed by atoms with Crippen molar-refractivity contribution >= 4 is 13.6 Å². The number of hydrogen-bond acceptors (Lipinski definition) is 1. The molecule has 3 heteroatoms. The molecule has 0 aliphatic carbocycles. The van der Waals surface area contributed by atoms with Crippen molar-refractivity contribution in [1.82, 2.24) is 0 Å². The van der Waals surface area contributed by atoms with E-state index in [-0.39, 0.29) is 10.8 Å². The predicted molar refractivity (Wildman–Crippen MR) is 82.8 cm³/mol. The zero-order chi connectivity index (χ0) is 15.3. The van der Waals surface area contributed by atoms with E-state index in [1.54, 1.807) is 0 Å². The maximum atomic E-state index is 5.68. The Bertz CT molecular complexity index is 389. The zero-order valence-corrected chi connectivity index (χ0v) is 17.9. The van der Waals surface area contributed by atoms with Gasteiger partial charge in [-0.1, -0.05) is 52.4 Å². The summed E-state index contributed by atoms with van der Waals surface area (Å²) in [5, 5.41) is 0. The molecule has 0 heterocycles. The molecule has 104 valence electrons. The van der Waals surface area contributed by atoms with Crippen molar-refractivity contribution in [3.63, 3.8) is 0 Å². The fourth-order valence-electron chi connectivity index (χ4n) is 1.74. The van der Waals surface area contributed by atoms with Crippen molar-refractivity contribution in [3.05, 3.63) is 29.3 Å². The molecule has 1 aromatic rings. The van der Waals surface area contributed by atoms with Crippen LogP contribution >= 0.6 is 13.6 Å². The fraction of sp³-hybridized carbons (Fsp3) is 0.625. The van der Waals surface area contributed by atoms with Crippen LogP contribution in [0.15, 0.2) is 12.1 Å². The quantitative estimate of drug-likeness (QED) is 0.500. The third kappa shape index (κ3) is 5.96. The molecule has 0 fully saturated rings. The van der Waals surface area contributed by atoms with E-state index >= 15 is 0 Å². The SMILES string of the molecule is CCOc1[c-]cc(C(C)(C)C)cc1C(C)(C)C.[Zn+][Br]. The summed E-state index contributed by atoms with van der Waals surface area (Å²) in [4.78, 5) is 0. The molecule has 0 aromatic heterocycles. The molecule has 0 atom stereocenters. The van der Waals surface area contributed by atoms with Crippen LogP contribution in [0.4, 0.5) is 0 Å². The molecule has 0 aliphatic heterocycles. The van der Waals surface area contributed by atoms with E-state index in [0.717, 1.165) is 5.75 Å². The monoisotopic (exact) mass is 376 g/mol. The third-order valence-corrected chi connectivity index (χ3v) is 2.87. The first-order valence-corrected chi connectivity index (χ1v) is 13.6. The molecular formula is C16H25BrOZn. The molecule has 0 saturated carbocycles. The van der Waals surface area contributed by atoms with Crippen molar-refractivity contribution in [3.8, 4) is 5.75 Å². The van der Waals surface area contributed by atoms with Crippen LogP contribution in [-0.4, -0.2) is 6.61 Å². The van der Waals surface area contributed by atoms with Gasteiger partial charge in [0.15, 0.2) is 0 Å². The topological polar surface area (TPSA) is 9.23 Å². The first-order chi connectivity index (χ1) is 8.66. The summed E-state index contributed by atoms with van der Waals surface area (Å²) in [5.74, 6) is 0.896. The molecule has 1 rings (SSSR count). The molecule has 0 aliphatic rings. The van der Waals surface area contributed by atoms with E-state index in [0.29, 0.717) is 6.61 Å². The Morgan fingerprint density at radius 3 is 2.00 bits per heavy atom. The third-order valence-electron chi connectivity index (χ3n) is 2.87. The molecule has 1 nitrogen and oxygen atoms in total. The van der Waals surface area contributed by atoms with Crippen molar-refractivity contribution in [2.75, 3.05) is 6.61 Å². The predicted octanol–water partition coefficient (Wildman–Crippen LogP) is 5.32. The molecular weight excluding hydrogens is 353 g/mol. The van der Waals surface area contributed by atoms with E-state index in [2.05, 4.69) is 73.4 Å². The van der Waals surface area contributed by atoms with Crippen molar-refractivity contribution in [2.24, 2.45) is 0 Å². The van der Waals surface area contributed by atoms with Crippen LogP contribution in [-0.2, 0) is 27.2 Å². The summed E-state index contributed by atoms with van der Waals surface area (Å²) in [5.41, 5.74) is 2.79. The van der Waals surface area contributed by atoms with Crippen LogP contribution in [0.5, 0.6) is 5.75 Å². The van der Waals surface area contributed by atoms with Gasteiger partial charge in [-0.2, -0.15) is 17.7 Å². The first-order valence-electron chi connectivity index (χ1n) is 6.62. The standard InChI is InChI=1S/C16H25O.BrH.Zn/c1-8-17-14-10-9-12(15(2,3)4)11-13(14)16(5,6)7;;/h9,11H,8H2,1-7H3;1H;/q-1;;+2/p-1. The van der Waals surface area contributed by atoms with Crippen LogP contribution in [0.2, 0.25) is 0 Å². The summed E-state index contributed by atoms with van der Waals surface area (Å²) in [7, 11) is 0. The van der Waals surface area contributed by atoms with Crippen LogP contribution in [0.3, 0.4) is 0 Å². The van der Waals surface area contributed by atoms with Gasteiger partial charge < -0.3 is 4.74 Å². The van der Waals surface area contributed by atoms with Gasteiger partial charge in [0, 0.05) is 5.75 Å². The molecule has 0 saturated heterocycles. The number of halogens is 1. The summed E-state index contributed by atoms with van der Waals surface area (Å²) < 4.78 is 5.68. The van der Waals surface area contributed by atoms with E-state index in [4.69, 9.17) is 4.74 Å². The minimum atomic E-state index is 0.0856. The van der Waals surface area contributed by atoms with Crippen LogP contribution in [0, 0.1) is 6.07 Å². The number of rotatable bonds is 2. The minimum absolute atomic E-state index is 0.0856. The number of benzene rings is 1. The van der Waals surface area contributed by atoms with Crippen LogP contribution < -0.4 is 4.74 Å². The molecule has 0 unspecified atom stereocenters. The Morgan fingerprint density at radius 2 is 1.63 bits per heavy atom. The second-order valence-electron chi connectivity index (χ2n) is 6.56. The number of hydrogen-bond donors (Lipinski definition) is 0. The number of ether oxygens (including phenoxy) is 1. The van der Waals surface area contributed by atoms with Gasteiger partial charge in [-0.15, -0.1) is 11.6 Å². The summed E-state index contributed by atoms with van der Waals surface area (Å²) in [6, 6.07) is 7.62. The first kappa shape index (κ1) is 19.1. The van der Waals surface area contributed by atoms with Gasteiger partial charge in [-0.25, -0.2) is 0 Å². The Labute approximate surface area is 135 Å². The molecule has 0 bridgehead atoms. The maximum absolute atomic E-state index is 5.68. The van der Waals surface area contributed by atoms with Crippen molar-refractivity contribution in [1.29, 1.82) is 0 Å². The van der Waals surface area contributed by atoms with Crippen molar-refractivity contribution < 1.29 is 21.1 Å². The van der Waals surface area contributed by atoms with E-state index in [9.17, 15) is 0 Å². The molecule has 19 heavy (non-hydrogen) atoms. The van der Waals surface area contributed by atoms with Crippen LogP contribution in [0.25, 0.3) is 0 Å². The van der Waals surface area contributed by atoms with Gasteiger partial charge in [0.1, 0.15) is 0 Å². The van der Waals surface area contributed by atoms with Gasteiger partial charge in [0.25, 0.3) is 0 Å². The summed E-state index contributed by atoms with van der Waals surface area (Å²) in [6.07, 6.45) is 0. The zero-order valence-electron chi connectivity index (χ0n) is 13.4. The van der Waals surface area contributed by atoms with E-state index < -0.39 is 0 Å². The Balaban J connectivity index is 0.00000154. The second kappa shape index (κ2) is 7.79. The Morgan fingerprint density at radius 1 is 1.11 bits per heavy atom. The second-order valence-corrected chi connectivity index (χ2v) is 6.56. The summed E-state index contributed by atoms with van der Waals surface area (Å²) in [6.45, 7) is 16.0. The van der Waals surface area contributed by atoms with E-state index in [1.165, 1.54) is 27.5 Å². The molecule has 0 N–H and O–H groups in total. The molecule has 0 spiro atoms. The van der Waals surface area contributed by atoms with Crippen molar-refractivity contribution in [2.45, 2.75) is 59.3 Å². The van der Waals surface area contributed by atoms with E-state index in [1.807, 2.05) is 6.92 Å². The van der Waals surface area contributed by atoms with Crippen LogP contribution in [0.1, 0.15) is 59.6 Å². The van der Waals surface area contributed by atoms with Gasteiger partial charge in [0.05, 0.1) is 6.61 Å². The molecule has 0 amide bonds. The van der Waals surface area contributed by atoms with Gasteiger partial charge >= 0.3 is 30.0 Å². The average Bonchev–Trinajstić information content (AvgIpc) is 2.29. The van der Waals surface area contributed by atoms with Gasteiger partial charge in [-0.05, 0) is 6.92 Å².